The van der Waals surface area contributed by atoms with Crippen LogP contribution in [0, 0.1) is 11.8 Å². The first-order valence-corrected chi connectivity index (χ1v) is 15.9. The van der Waals surface area contributed by atoms with Crippen molar-refractivity contribution in [1.82, 2.24) is 13.8 Å². The summed E-state index contributed by atoms with van der Waals surface area (Å²) in [6.45, 7) is 7.47. The molecule has 3 aromatic carbocycles. The van der Waals surface area contributed by atoms with E-state index in [0.717, 1.165) is 27.8 Å². The maximum atomic E-state index is 14.0. The molecular formula is C34H33N3O5S. The zero-order valence-corrected chi connectivity index (χ0v) is 25.0. The van der Waals surface area contributed by atoms with Gasteiger partial charge in [-0.05, 0) is 43.3 Å². The highest BCUT2D eigenvalue weighted by molar-refractivity contribution is 7.90. The average Bonchev–Trinajstić information content (AvgIpc) is 3.71. The molecule has 1 aromatic heterocycles. The molecule has 4 aromatic rings. The van der Waals surface area contributed by atoms with E-state index >= 15 is 0 Å². The van der Waals surface area contributed by atoms with Gasteiger partial charge in [0.1, 0.15) is 5.75 Å². The highest BCUT2D eigenvalue weighted by atomic mass is 32.2. The largest absolute Gasteiger partial charge is 0.492 e. The molecule has 3 aliphatic heterocycles. The van der Waals surface area contributed by atoms with Gasteiger partial charge in [0.05, 0.1) is 28.9 Å². The van der Waals surface area contributed by atoms with Gasteiger partial charge in [-0.3, -0.25) is 19.4 Å². The molecule has 0 radical (unpaired) electrons. The Labute approximate surface area is 251 Å². The van der Waals surface area contributed by atoms with E-state index in [4.69, 9.17) is 4.74 Å². The lowest BCUT2D eigenvalue weighted by Gasteiger charge is -2.28. The fraction of sp³-hybridized carbons (Fsp3) is 0.294. The van der Waals surface area contributed by atoms with Crippen molar-refractivity contribution >= 4 is 32.7 Å². The van der Waals surface area contributed by atoms with Crippen LogP contribution in [0.25, 0.3) is 10.9 Å². The molecule has 7 rings (SSSR count). The number of fused-ring (bicyclic) bond motifs is 3. The number of ether oxygens (including phenoxy) is 1. The Morgan fingerprint density at radius 2 is 1.67 bits per heavy atom. The quantitative estimate of drug-likeness (QED) is 0.226. The van der Waals surface area contributed by atoms with Crippen molar-refractivity contribution in [3.8, 4) is 5.75 Å². The summed E-state index contributed by atoms with van der Waals surface area (Å²) in [5.41, 5.74) is 2.87. The van der Waals surface area contributed by atoms with Gasteiger partial charge in [-0.25, -0.2) is 12.4 Å². The first-order valence-electron chi connectivity index (χ1n) is 14.5. The summed E-state index contributed by atoms with van der Waals surface area (Å²) in [5.74, 6) is -0.690. The first kappa shape index (κ1) is 27.6. The van der Waals surface area contributed by atoms with Gasteiger partial charge in [-0.15, -0.1) is 0 Å². The van der Waals surface area contributed by atoms with Crippen molar-refractivity contribution in [2.75, 3.05) is 26.7 Å². The predicted molar refractivity (Wildman–Crippen MR) is 163 cm³/mol. The smallest absolute Gasteiger partial charge is 0.268 e. The minimum Gasteiger partial charge on any atom is -0.492 e. The van der Waals surface area contributed by atoms with E-state index < -0.39 is 27.9 Å². The molecule has 2 fully saturated rings. The number of carbonyl (C=O) groups excluding carboxylic acids is 2. The number of aromatic nitrogens is 1. The van der Waals surface area contributed by atoms with Gasteiger partial charge in [0, 0.05) is 41.7 Å². The number of imide groups is 1. The number of rotatable bonds is 7. The van der Waals surface area contributed by atoms with E-state index in [-0.39, 0.29) is 28.7 Å². The zero-order chi connectivity index (χ0) is 30.1. The Morgan fingerprint density at radius 1 is 0.977 bits per heavy atom. The van der Waals surface area contributed by atoms with Crippen LogP contribution in [0.2, 0.25) is 0 Å². The monoisotopic (exact) mass is 595 g/mol. The number of nitrogens with zero attached hydrogens (tertiary/aromatic N) is 3. The lowest BCUT2D eigenvalue weighted by atomic mass is 9.79. The van der Waals surface area contributed by atoms with Crippen LogP contribution in [0.1, 0.15) is 30.5 Å². The van der Waals surface area contributed by atoms with Gasteiger partial charge in [-0.2, -0.15) is 0 Å². The number of amides is 2. The number of hydrogen-bond acceptors (Lipinski definition) is 6. The molecule has 4 heterocycles. The molecule has 0 aliphatic carbocycles. The van der Waals surface area contributed by atoms with Crippen molar-refractivity contribution in [3.63, 3.8) is 0 Å². The molecule has 9 heteroatoms. The highest BCUT2D eigenvalue weighted by Gasteiger charge is 2.57. The van der Waals surface area contributed by atoms with Crippen LogP contribution in [0.15, 0.2) is 102 Å². The normalized spacial score (nSPS) is 25.3. The lowest BCUT2D eigenvalue weighted by Crippen LogP contribution is -2.38. The van der Waals surface area contributed by atoms with E-state index in [0.29, 0.717) is 25.1 Å². The maximum Gasteiger partial charge on any atom is 0.268 e. The van der Waals surface area contributed by atoms with Crippen LogP contribution < -0.4 is 4.74 Å². The van der Waals surface area contributed by atoms with Gasteiger partial charge in [-0.1, -0.05) is 73.7 Å². The first-order chi connectivity index (χ1) is 20.6. The number of para-hydroxylation sites is 2. The highest BCUT2D eigenvalue weighted by Crippen LogP contribution is 2.48. The zero-order valence-electron chi connectivity index (χ0n) is 24.1. The summed E-state index contributed by atoms with van der Waals surface area (Å²) in [6.07, 6.45) is 2.22. The third-order valence-corrected chi connectivity index (χ3v) is 11.0. The van der Waals surface area contributed by atoms with Crippen LogP contribution in [0.4, 0.5) is 0 Å². The second kappa shape index (κ2) is 9.92. The van der Waals surface area contributed by atoms with Crippen molar-refractivity contribution in [1.29, 1.82) is 0 Å². The number of carbonyl (C=O) groups is 2. The van der Waals surface area contributed by atoms with E-state index in [1.165, 1.54) is 8.87 Å². The molecular weight excluding hydrogens is 562 g/mol. The van der Waals surface area contributed by atoms with Gasteiger partial charge < -0.3 is 4.74 Å². The van der Waals surface area contributed by atoms with Crippen molar-refractivity contribution < 1.29 is 22.7 Å². The minimum absolute atomic E-state index is 0.156. The molecule has 8 nitrogen and oxygen atoms in total. The van der Waals surface area contributed by atoms with Crippen LogP contribution in [-0.2, 0) is 25.0 Å². The molecule has 0 bridgehead atoms. The van der Waals surface area contributed by atoms with E-state index in [1.54, 1.807) is 48.7 Å². The molecule has 43 heavy (non-hydrogen) atoms. The lowest BCUT2D eigenvalue weighted by molar-refractivity contribution is -0.140. The molecule has 0 spiro atoms. The summed E-state index contributed by atoms with van der Waals surface area (Å²) in [7, 11) is -2.00. The Bertz CT molecular complexity index is 1900. The van der Waals surface area contributed by atoms with Crippen LogP contribution in [0.5, 0.6) is 5.75 Å². The van der Waals surface area contributed by atoms with E-state index in [2.05, 4.69) is 19.6 Å². The topological polar surface area (TPSA) is 88.9 Å². The third kappa shape index (κ3) is 4.24. The van der Waals surface area contributed by atoms with Gasteiger partial charge in [0.25, 0.3) is 10.0 Å². The fourth-order valence-electron chi connectivity index (χ4n) is 7.35. The van der Waals surface area contributed by atoms with E-state index in [1.807, 2.05) is 42.3 Å². The van der Waals surface area contributed by atoms with Crippen molar-refractivity contribution in [3.05, 3.63) is 108 Å². The Balaban J connectivity index is 1.19. The number of hydrogen-bond donors (Lipinski definition) is 0. The average molecular weight is 596 g/mol. The van der Waals surface area contributed by atoms with E-state index in [9.17, 15) is 18.0 Å². The fourth-order valence-corrected chi connectivity index (χ4v) is 8.74. The summed E-state index contributed by atoms with van der Waals surface area (Å²) in [6, 6.07) is 23.1. The Hall–Kier alpha value is -4.21. The van der Waals surface area contributed by atoms with Crippen LogP contribution in [-0.4, -0.2) is 60.7 Å². The molecule has 220 valence electrons. The minimum atomic E-state index is -3.89. The molecule has 2 saturated heterocycles. The third-order valence-electron chi connectivity index (χ3n) is 9.30. The van der Waals surface area contributed by atoms with Gasteiger partial charge in [0.2, 0.25) is 11.8 Å². The second-order valence-electron chi connectivity index (χ2n) is 12.3. The second-order valence-corrected chi connectivity index (χ2v) is 14.1. The summed E-state index contributed by atoms with van der Waals surface area (Å²) in [5, 5.41) is 0.746. The predicted octanol–water partition coefficient (Wildman–Crippen LogP) is 4.76. The summed E-state index contributed by atoms with van der Waals surface area (Å²) in [4.78, 5) is 31.3. The number of benzene rings is 3. The molecule has 4 atom stereocenters. The molecule has 0 N–H and O–H groups in total. The van der Waals surface area contributed by atoms with Crippen molar-refractivity contribution in [2.24, 2.45) is 11.8 Å². The Kier molecular flexibility index (Phi) is 6.37. The molecule has 2 amide bonds. The Morgan fingerprint density at radius 3 is 2.47 bits per heavy atom. The van der Waals surface area contributed by atoms with Gasteiger partial charge in [0.15, 0.2) is 0 Å². The summed E-state index contributed by atoms with van der Waals surface area (Å²) >= 11 is 0. The van der Waals surface area contributed by atoms with Crippen LogP contribution in [0.3, 0.4) is 0 Å². The maximum absolute atomic E-state index is 14.0. The van der Waals surface area contributed by atoms with Crippen LogP contribution >= 0.6 is 0 Å². The van der Waals surface area contributed by atoms with Crippen molar-refractivity contribution in [2.45, 2.75) is 29.7 Å². The molecule has 0 saturated carbocycles. The van der Waals surface area contributed by atoms with Gasteiger partial charge >= 0.3 is 0 Å². The standard InChI is InChI=1S/C34H33N3O5S/c1-22(17-34(2)21-42-29-16-10-8-14-27(29)34)18-36-32(38)26-19-35(3)31(30(26)33(36)39)25-20-37(28-15-9-7-13-24(25)28)43(40,41)23-11-5-4-6-12-23/h4-16,20,26,30-31H,1,17-19,21H2,2-3H3/t26-,30-,31+,34+/m0/s1. The SMILES string of the molecule is C=C(CN1C(=O)[C@H]2[C@H](CN(C)[C@@H]2c2cn(S(=O)(=O)c3ccccc3)c3ccccc23)C1=O)C[C@]1(C)COc2ccccc21. The number of likely N-dealkylation sites (tertiary alicyclic amines) is 2. The summed E-state index contributed by atoms with van der Waals surface area (Å²) < 4.78 is 34.7. The molecule has 3 aliphatic rings. The molecule has 0 unspecified atom stereocenters.